The number of aromatic nitrogens is 5. The highest BCUT2D eigenvalue weighted by molar-refractivity contribution is 5.91. The molecule has 0 aliphatic carbocycles. The first-order chi connectivity index (χ1) is 18.2. The third-order valence-corrected chi connectivity index (χ3v) is 5.94. The molecule has 3 aromatic heterocycles. The Morgan fingerprint density at radius 1 is 0.947 bits per heavy atom. The molecule has 2 aromatic carbocycles. The lowest BCUT2D eigenvalue weighted by Crippen LogP contribution is -2.23. The molecule has 0 aliphatic rings. The van der Waals surface area contributed by atoms with E-state index in [0.29, 0.717) is 16.8 Å². The second kappa shape index (κ2) is 10.1. The van der Waals surface area contributed by atoms with Crippen LogP contribution in [-0.4, -0.2) is 44.2 Å². The second-order valence-electron chi connectivity index (χ2n) is 8.34. The normalized spacial score (nSPS) is 11.7. The van der Waals surface area contributed by atoms with E-state index in [4.69, 9.17) is 4.74 Å². The molecule has 0 saturated carbocycles. The summed E-state index contributed by atoms with van der Waals surface area (Å²) in [6.07, 6.45) is -1.99. The third-order valence-electron chi connectivity index (χ3n) is 5.94. The van der Waals surface area contributed by atoms with Gasteiger partial charge in [0.2, 0.25) is 5.88 Å². The molecule has 38 heavy (non-hydrogen) atoms. The highest BCUT2D eigenvalue weighted by Gasteiger charge is 2.19. The number of aryl methyl sites for hydroxylation is 2. The van der Waals surface area contributed by atoms with Gasteiger partial charge in [0.1, 0.15) is 16.8 Å². The summed E-state index contributed by atoms with van der Waals surface area (Å²) in [5.41, 5.74) is 2.49. The smallest absolute Gasteiger partial charge is 0.387 e. The van der Waals surface area contributed by atoms with Gasteiger partial charge in [0, 0.05) is 24.2 Å². The molecular formula is C26H21F4N5O3. The molecule has 0 bridgehead atoms. The molecule has 0 N–H and O–H groups in total. The summed E-state index contributed by atoms with van der Waals surface area (Å²) in [6, 6.07) is 13.7. The standard InChI is InChI=1S/C26H21F4N5O3/c1-3-20-17-12-15(6-9-18(17)32-34(20)2)35-25(36)23(14-4-7-16(8-5-14)38-26(29)30)24-19(33-35)10-11-22(31-24)37-13-21(27)28/h4-12,21,26H,3,13H2,1-2H3. The first-order valence-corrected chi connectivity index (χ1v) is 11.6. The number of hydrogen-bond donors (Lipinski definition) is 0. The minimum absolute atomic E-state index is 0.0862. The minimum Gasteiger partial charge on any atom is -0.472 e. The van der Waals surface area contributed by atoms with Crippen molar-refractivity contribution in [1.29, 1.82) is 0 Å². The SMILES string of the molecule is CCc1c2cc(-n3nc4ccc(OCC(F)F)nc4c(-c4ccc(OC(F)F)cc4)c3=O)ccc2nn1C. The Kier molecular flexibility index (Phi) is 6.70. The molecule has 196 valence electrons. The van der Waals surface area contributed by atoms with E-state index >= 15 is 0 Å². The third kappa shape index (κ3) is 4.76. The summed E-state index contributed by atoms with van der Waals surface area (Å²) in [6.45, 7) is -1.88. The summed E-state index contributed by atoms with van der Waals surface area (Å²) >= 11 is 0. The summed E-state index contributed by atoms with van der Waals surface area (Å²) in [5.74, 6) is -0.203. The molecule has 0 unspecified atom stereocenters. The fraction of sp³-hybridized carbons (Fsp3) is 0.231. The summed E-state index contributed by atoms with van der Waals surface area (Å²) in [4.78, 5) is 18.1. The van der Waals surface area contributed by atoms with Crippen molar-refractivity contribution in [2.45, 2.75) is 26.4 Å². The van der Waals surface area contributed by atoms with E-state index in [2.05, 4.69) is 19.9 Å². The van der Waals surface area contributed by atoms with Crippen LogP contribution in [0.25, 0.3) is 38.8 Å². The molecular weight excluding hydrogens is 506 g/mol. The van der Waals surface area contributed by atoms with Crippen molar-refractivity contribution in [2.75, 3.05) is 6.61 Å². The number of rotatable bonds is 8. The van der Waals surface area contributed by atoms with Gasteiger partial charge in [-0.1, -0.05) is 19.1 Å². The molecule has 0 radical (unpaired) electrons. The van der Waals surface area contributed by atoms with Crippen LogP contribution in [0.2, 0.25) is 0 Å². The zero-order valence-corrected chi connectivity index (χ0v) is 20.2. The van der Waals surface area contributed by atoms with Crippen LogP contribution in [0.3, 0.4) is 0 Å². The number of ether oxygens (including phenoxy) is 2. The number of nitrogens with zero attached hydrogens (tertiary/aromatic N) is 5. The monoisotopic (exact) mass is 527 g/mol. The molecule has 12 heteroatoms. The minimum atomic E-state index is -3.01. The van der Waals surface area contributed by atoms with E-state index in [1.165, 1.54) is 41.1 Å². The summed E-state index contributed by atoms with van der Waals surface area (Å²) in [7, 11) is 1.85. The Morgan fingerprint density at radius 2 is 1.68 bits per heavy atom. The lowest BCUT2D eigenvalue weighted by Gasteiger charge is -2.13. The molecule has 5 aromatic rings. The van der Waals surface area contributed by atoms with Crippen LogP contribution in [0.5, 0.6) is 11.6 Å². The van der Waals surface area contributed by atoms with Gasteiger partial charge in [0.25, 0.3) is 12.0 Å². The Balaban J connectivity index is 1.72. The number of fused-ring (bicyclic) bond motifs is 2. The average Bonchev–Trinajstić information content (AvgIpc) is 3.21. The van der Waals surface area contributed by atoms with Crippen LogP contribution in [0, 0.1) is 0 Å². The van der Waals surface area contributed by atoms with Crippen LogP contribution >= 0.6 is 0 Å². The van der Waals surface area contributed by atoms with Gasteiger partial charge in [0.15, 0.2) is 6.61 Å². The number of pyridine rings is 1. The topological polar surface area (TPSA) is 84.1 Å². The Morgan fingerprint density at radius 3 is 2.37 bits per heavy atom. The van der Waals surface area contributed by atoms with Crippen LogP contribution in [0.15, 0.2) is 59.4 Å². The fourth-order valence-electron chi connectivity index (χ4n) is 4.32. The van der Waals surface area contributed by atoms with Gasteiger partial charge in [0.05, 0.1) is 16.8 Å². The molecule has 0 fully saturated rings. The second-order valence-corrected chi connectivity index (χ2v) is 8.34. The predicted molar refractivity (Wildman–Crippen MR) is 132 cm³/mol. The van der Waals surface area contributed by atoms with Crippen molar-refractivity contribution in [3.63, 3.8) is 0 Å². The van der Waals surface area contributed by atoms with E-state index in [9.17, 15) is 22.4 Å². The fourth-order valence-corrected chi connectivity index (χ4v) is 4.32. The zero-order valence-electron chi connectivity index (χ0n) is 20.2. The quantitative estimate of drug-likeness (QED) is 0.260. The van der Waals surface area contributed by atoms with E-state index in [1.54, 1.807) is 16.8 Å². The maximum Gasteiger partial charge on any atom is 0.387 e. The molecule has 0 aliphatic heterocycles. The van der Waals surface area contributed by atoms with Crippen molar-refractivity contribution < 1.29 is 27.0 Å². The van der Waals surface area contributed by atoms with Crippen LogP contribution in [0.4, 0.5) is 17.6 Å². The van der Waals surface area contributed by atoms with Gasteiger partial charge < -0.3 is 9.47 Å². The highest BCUT2D eigenvalue weighted by Crippen LogP contribution is 2.28. The van der Waals surface area contributed by atoms with Crippen LogP contribution in [0.1, 0.15) is 12.6 Å². The first-order valence-electron chi connectivity index (χ1n) is 11.6. The van der Waals surface area contributed by atoms with E-state index < -0.39 is 25.2 Å². The lowest BCUT2D eigenvalue weighted by molar-refractivity contribution is -0.0498. The van der Waals surface area contributed by atoms with Crippen LogP contribution < -0.4 is 15.0 Å². The zero-order chi connectivity index (χ0) is 27.0. The maximum absolute atomic E-state index is 13.8. The first kappa shape index (κ1) is 25.2. The van der Waals surface area contributed by atoms with Crippen LogP contribution in [-0.2, 0) is 13.5 Å². The number of alkyl halides is 4. The van der Waals surface area contributed by atoms with E-state index in [1.807, 2.05) is 20.0 Å². The average molecular weight is 527 g/mol. The molecule has 5 rings (SSSR count). The highest BCUT2D eigenvalue weighted by atomic mass is 19.3. The van der Waals surface area contributed by atoms with Gasteiger partial charge in [-0.2, -0.15) is 23.7 Å². The van der Waals surface area contributed by atoms with Crippen molar-refractivity contribution in [3.05, 3.63) is 70.6 Å². The number of halogens is 4. The van der Waals surface area contributed by atoms with Gasteiger partial charge in [-0.25, -0.2) is 13.8 Å². The number of benzene rings is 2. The maximum atomic E-state index is 13.8. The molecule has 3 heterocycles. The Labute approximate surface area is 213 Å². The molecule has 0 amide bonds. The lowest BCUT2D eigenvalue weighted by atomic mass is 10.1. The van der Waals surface area contributed by atoms with Gasteiger partial charge in [-0.05, 0) is 48.4 Å². The van der Waals surface area contributed by atoms with Crippen molar-refractivity contribution in [3.8, 4) is 28.4 Å². The van der Waals surface area contributed by atoms with Gasteiger partial charge in [-0.15, -0.1) is 0 Å². The molecule has 0 spiro atoms. The predicted octanol–water partition coefficient (Wildman–Crippen LogP) is 5.14. The summed E-state index contributed by atoms with van der Waals surface area (Å²) < 4.78 is 63.1. The summed E-state index contributed by atoms with van der Waals surface area (Å²) in [5, 5.41) is 9.84. The molecule has 0 atom stereocenters. The van der Waals surface area contributed by atoms with Crippen molar-refractivity contribution in [2.24, 2.45) is 7.05 Å². The largest absolute Gasteiger partial charge is 0.472 e. The van der Waals surface area contributed by atoms with Crippen molar-refractivity contribution >= 4 is 21.9 Å². The van der Waals surface area contributed by atoms with Gasteiger partial charge in [-0.3, -0.25) is 9.48 Å². The number of hydrogen-bond acceptors (Lipinski definition) is 6. The van der Waals surface area contributed by atoms with Crippen molar-refractivity contribution in [1.82, 2.24) is 24.5 Å². The van der Waals surface area contributed by atoms with E-state index in [0.717, 1.165) is 23.0 Å². The Bertz CT molecular complexity index is 1680. The Hall–Kier alpha value is -4.48. The molecule has 0 saturated heterocycles. The van der Waals surface area contributed by atoms with E-state index in [-0.39, 0.29) is 22.7 Å². The van der Waals surface area contributed by atoms with Gasteiger partial charge >= 0.3 is 6.61 Å². The molecule has 8 nitrogen and oxygen atoms in total.